The zero-order valence-corrected chi connectivity index (χ0v) is 20.2. The first kappa shape index (κ1) is 23.2. The van der Waals surface area contributed by atoms with Gasteiger partial charge in [0.1, 0.15) is 10.7 Å². The number of hydrogen-bond donors (Lipinski definition) is 1. The lowest BCUT2D eigenvalue weighted by molar-refractivity contribution is -0.131. The van der Waals surface area contributed by atoms with Crippen LogP contribution in [0.25, 0.3) is 17.5 Å². The van der Waals surface area contributed by atoms with Gasteiger partial charge in [-0.2, -0.15) is 0 Å². The van der Waals surface area contributed by atoms with Crippen LogP contribution < -0.4 is 0 Å². The molecule has 4 rings (SSSR count). The van der Waals surface area contributed by atoms with Crippen LogP contribution in [0.3, 0.4) is 0 Å². The van der Waals surface area contributed by atoms with Crippen molar-refractivity contribution < 1.29 is 14.3 Å². The van der Waals surface area contributed by atoms with Gasteiger partial charge >= 0.3 is 5.97 Å². The fraction of sp³-hybridized carbons (Fsp3) is 0.125. The highest BCUT2D eigenvalue weighted by atomic mass is 35.5. The molecule has 0 aliphatic carbocycles. The third-order valence-electron chi connectivity index (χ3n) is 4.66. The van der Waals surface area contributed by atoms with Gasteiger partial charge in [-0.05, 0) is 74.1 Å². The Hall–Kier alpha value is -2.94. The summed E-state index contributed by atoms with van der Waals surface area (Å²) in [6, 6.07) is 19.0. The van der Waals surface area contributed by atoms with Crippen LogP contribution in [0.15, 0.2) is 85.1 Å². The first-order valence-corrected chi connectivity index (χ1v) is 12.1. The van der Waals surface area contributed by atoms with Crippen LogP contribution >= 0.6 is 35.1 Å². The lowest BCUT2D eigenvalue weighted by Gasteiger charge is -2.07. The number of halogens is 1. The summed E-state index contributed by atoms with van der Waals surface area (Å²) in [5.41, 5.74) is 2.04. The van der Waals surface area contributed by atoms with Crippen LogP contribution in [0.4, 0.5) is 0 Å². The van der Waals surface area contributed by atoms with Crippen molar-refractivity contribution in [2.24, 2.45) is 0 Å². The molecule has 1 N–H and O–H groups in total. The average Bonchev–Trinajstić information content (AvgIpc) is 3.42. The summed E-state index contributed by atoms with van der Waals surface area (Å²) >= 11 is 8.49. The second kappa shape index (κ2) is 10.3. The topological polar surface area (TPSA) is 81.2 Å². The van der Waals surface area contributed by atoms with Gasteiger partial charge in [0.2, 0.25) is 0 Å². The summed E-state index contributed by atoms with van der Waals surface area (Å²) in [6.07, 6.45) is 1.50. The van der Waals surface area contributed by atoms with E-state index in [1.807, 2.05) is 60.9 Å². The number of carboxylic acid groups (broad SMARTS) is 1. The normalized spacial score (nSPS) is 11.7. The second-order valence-electron chi connectivity index (χ2n) is 7.05. The molecule has 0 aliphatic heterocycles. The third kappa shape index (κ3) is 5.71. The number of nitrogens with zero attached hydrogens (tertiary/aromatic N) is 3. The maximum Gasteiger partial charge on any atom is 0.342 e. The third-order valence-corrected chi connectivity index (χ3v) is 6.84. The van der Waals surface area contributed by atoms with Gasteiger partial charge in [0.15, 0.2) is 16.1 Å². The van der Waals surface area contributed by atoms with E-state index in [1.165, 1.54) is 23.4 Å². The highest BCUT2D eigenvalue weighted by Gasteiger charge is 2.19. The molecule has 0 amide bonds. The number of aliphatic carboxylic acids is 1. The lowest BCUT2D eigenvalue weighted by atomic mass is 10.2. The minimum atomic E-state index is -1.07. The maximum atomic E-state index is 11.9. The van der Waals surface area contributed by atoms with Crippen LogP contribution in [0, 0.1) is 6.92 Å². The Kier molecular flexibility index (Phi) is 7.27. The quantitative estimate of drug-likeness (QED) is 0.209. The monoisotopic (exact) mass is 497 g/mol. The summed E-state index contributed by atoms with van der Waals surface area (Å²) in [4.78, 5) is 13.1. The Morgan fingerprint density at radius 2 is 1.82 bits per heavy atom. The fourth-order valence-corrected chi connectivity index (χ4v) is 4.78. The molecule has 0 bridgehead atoms. The molecule has 0 aliphatic rings. The van der Waals surface area contributed by atoms with E-state index in [0.717, 1.165) is 22.2 Å². The molecule has 168 valence electrons. The van der Waals surface area contributed by atoms with E-state index >= 15 is 0 Å². The first-order valence-electron chi connectivity index (χ1n) is 10.1. The maximum absolute atomic E-state index is 11.9. The standard InChI is InChI=1S/C24H20ClN3O3S2/c1-3-28-22(16-6-8-17(25)9-7-16)26-27-24(28)33-20(23(29)30)14-18-10-13-21(31-18)32-19-11-4-15(2)5-12-19/h4-14H,3H2,1-2H3,(H,29,30)/b20-14-. The molecule has 0 radical (unpaired) electrons. The van der Waals surface area contributed by atoms with Crippen LogP contribution in [0.5, 0.6) is 0 Å². The molecule has 0 saturated carbocycles. The summed E-state index contributed by atoms with van der Waals surface area (Å²) in [5, 5.41) is 20.1. The average molecular weight is 498 g/mol. The zero-order valence-electron chi connectivity index (χ0n) is 17.9. The van der Waals surface area contributed by atoms with Crippen LogP contribution in [0.2, 0.25) is 5.02 Å². The van der Waals surface area contributed by atoms with Gasteiger partial charge in [-0.3, -0.25) is 0 Å². The number of aryl methyl sites for hydroxylation is 1. The van der Waals surface area contributed by atoms with Gasteiger partial charge < -0.3 is 14.1 Å². The van der Waals surface area contributed by atoms with Gasteiger partial charge in [0, 0.05) is 28.1 Å². The zero-order chi connectivity index (χ0) is 23.4. The highest BCUT2D eigenvalue weighted by molar-refractivity contribution is 8.04. The van der Waals surface area contributed by atoms with E-state index in [-0.39, 0.29) is 4.91 Å². The fourth-order valence-electron chi connectivity index (χ4n) is 3.01. The number of carboxylic acids is 1. The molecule has 0 fully saturated rings. The Bertz CT molecular complexity index is 1300. The molecule has 2 aromatic heterocycles. The molecular weight excluding hydrogens is 478 g/mol. The van der Waals surface area contributed by atoms with Gasteiger partial charge in [0.25, 0.3) is 0 Å². The van der Waals surface area contributed by atoms with E-state index in [0.29, 0.717) is 33.4 Å². The van der Waals surface area contributed by atoms with Gasteiger partial charge in [0.05, 0.1) is 0 Å². The highest BCUT2D eigenvalue weighted by Crippen LogP contribution is 2.33. The molecule has 0 unspecified atom stereocenters. The molecule has 0 saturated heterocycles. The molecule has 9 heteroatoms. The molecule has 2 heterocycles. The smallest absolute Gasteiger partial charge is 0.342 e. The minimum absolute atomic E-state index is 0.0843. The van der Waals surface area contributed by atoms with E-state index in [2.05, 4.69) is 10.2 Å². The molecular formula is C24H20ClN3O3S2. The van der Waals surface area contributed by atoms with Crippen molar-refractivity contribution in [3.05, 3.63) is 81.9 Å². The summed E-state index contributed by atoms with van der Waals surface area (Å²) in [7, 11) is 0. The first-order chi connectivity index (χ1) is 15.9. The molecule has 0 atom stereocenters. The number of rotatable bonds is 8. The van der Waals surface area contributed by atoms with Crippen molar-refractivity contribution in [3.8, 4) is 11.4 Å². The van der Waals surface area contributed by atoms with Crippen molar-refractivity contribution in [1.82, 2.24) is 14.8 Å². The van der Waals surface area contributed by atoms with Crippen LogP contribution in [-0.2, 0) is 11.3 Å². The Morgan fingerprint density at radius 1 is 1.09 bits per heavy atom. The van der Waals surface area contributed by atoms with Crippen LogP contribution in [0.1, 0.15) is 18.2 Å². The summed E-state index contributed by atoms with van der Waals surface area (Å²) in [6.45, 7) is 4.57. The molecule has 2 aromatic carbocycles. The molecule has 0 spiro atoms. The number of thioether (sulfide) groups is 1. The minimum Gasteiger partial charge on any atom is -0.477 e. The summed E-state index contributed by atoms with van der Waals surface area (Å²) < 4.78 is 7.70. The van der Waals surface area contributed by atoms with Gasteiger partial charge in [-0.15, -0.1) is 10.2 Å². The van der Waals surface area contributed by atoms with E-state index < -0.39 is 5.97 Å². The Balaban J connectivity index is 1.56. The van der Waals surface area contributed by atoms with Crippen molar-refractivity contribution in [1.29, 1.82) is 0 Å². The van der Waals surface area contributed by atoms with Crippen molar-refractivity contribution >= 4 is 47.2 Å². The molecule has 6 nitrogen and oxygen atoms in total. The van der Waals surface area contributed by atoms with Crippen molar-refractivity contribution in [2.75, 3.05) is 0 Å². The molecule has 33 heavy (non-hydrogen) atoms. The van der Waals surface area contributed by atoms with E-state index in [9.17, 15) is 9.90 Å². The Labute approximate surface area is 204 Å². The number of carbonyl (C=O) groups is 1. The summed E-state index contributed by atoms with van der Waals surface area (Å²) in [5.74, 6) is 0.0361. The number of benzene rings is 2. The van der Waals surface area contributed by atoms with Crippen LogP contribution in [-0.4, -0.2) is 25.8 Å². The largest absolute Gasteiger partial charge is 0.477 e. The van der Waals surface area contributed by atoms with Gasteiger partial charge in [-0.1, -0.05) is 41.1 Å². The van der Waals surface area contributed by atoms with E-state index in [4.69, 9.17) is 16.0 Å². The van der Waals surface area contributed by atoms with Gasteiger partial charge in [-0.25, -0.2) is 4.79 Å². The number of hydrogen-bond acceptors (Lipinski definition) is 6. The predicted molar refractivity (Wildman–Crippen MR) is 132 cm³/mol. The Morgan fingerprint density at radius 3 is 2.48 bits per heavy atom. The van der Waals surface area contributed by atoms with Crippen molar-refractivity contribution in [2.45, 2.75) is 35.5 Å². The van der Waals surface area contributed by atoms with E-state index in [1.54, 1.807) is 18.2 Å². The second-order valence-corrected chi connectivity index (χ2v) is 9.57. The number of aromatic nitrogens is 3. The SMILES string of the molecule is CCn1c(S/C(=C\c2ccc(Sc3ccc(C)cc3)o2)C(=O)O)nnc1-c1ccc(Cl)cc1. The predicted octanol–water partition coefficient (Wildman–Crippen LogP) is 6.89. The lowest BCUT2D eigenvalue weighted by Crippen LogP contribution is -2.02. The molecule has 4 aromatic rings. The van der Waals surface area contributed by atoms with Crippen molar-refractivity contribution in [3.63, 3.8) is 0 Å². The number of furan rings is 1.